The van der Waals surface area contributed by atoms with Crippen LogP contribution >= 0.6 is 0 Å². The van der Waals surface area contributed by atoms with Crippen LogP contribution in [0.15, 0.2) is 48.5 Å². The van der Waals surface area contributed by atoms with E-state index in [0.717, 1.165) is 17.0 Å². The molecule has 1 heterocycles. The second-order valence-electron chi connectivity index (χ2n) is 6.72. The van der Waals surface area contributed by atoms with Gasteiger partial charge < -0.3 is 4.90 Å². The smallest absolute Gasteiger partial charge is 0.335 e. The fourth-order valence-corrected chi connectivity index (χ4v) is 3.43. The number of halogens is 3. The third-order valence-corrected chi connectivity index (χ3v) is 5.00. The van der Waals surface area contributed by atoms with Crippen LogP contribution in [-0.2, 0) is 11.0 Å². The van der Waals surface area contributed by atoms with Gasteiger partial charge in [0.2, 0.25) is 5.91 Å². The lowest BCUT2D eigenvalue weighted by Gasteiger charge is -2.30. The Balaban J connectivity index is 1.80. The minimum Gasteiger partial charge on any atom is -0.335 e. The van der Waals surface area contributed by atoms with Crippen LogP contribution < -0.4 is 0 Å². The summed E-state index contributed by atoms with van der Waals surface area (Å²) in [6.45, 7) is 3.03. The minimum atomic E-state index is -4.49. The molecule has 1 aliphatic rings. The number of amides is 3. The van der Waals surface area contributed by atoms with Gasteiger partial charge in [-0.2, -0.15) is 13.2 Å². The van der Waals surface area contributed by atoms with Gasteiger partial charge in [-0.15, -0.1) is 0 Å². The number of likely N-dealkylation sites (N-methyl/N-ethyl adjacent to an activating group) is 1. The van der Waals surface area contributed by atoms with E-state index in [2.05, 4.69) is 0 Å². The summed E-state index contributed by atoms with van der Waals surface area (Å²) in [5.74, 6) is -1.63. The third kappa shape index (κ3) is 3.87. The van der Waals surface area contributed by atoms with Crippen LogP contribution in [0.4, 0.5) is 13.2 Å². The number of fused-ring (bicyclic) bond motifs is 1. The van der Waals surface area contributed by atoms with Crippen LogP contribution in [0.3, 0.4) is 0 Å². The minimum absolute atomic E-state index is 0.208. The average Bonchev–Trinajstić information content (AvgIpc) is 2.93. The fraction of sp³-hybridized carbons (Fsp3) is 0.286. The molecule has 29 heavy (non-hydrogen) atoms. The summed E-state index contributed by atoms with van der Waals surface area (Å²) in [6, 6.07) is 10.4. The zero-order valence-corrected chi connectivity index (χ0v) is 15.9. The zero-order valence-electron chi connectivity index (χ0n) is 15.9. The number of carbonyl (C=O) groups excluding carboxylic acids is 3. The lowest BCUT2D eigenvalue weighted by molar-refractivity contribution is -0.137. The van der Waals surface area contributed by atoms with Crippen molar-refractivity contribution in [2.45, 2.75) is 26.1 Å². The Bertz CT molecular complexity index is 937. The van der Waals surface area contributed by atoms with E-state index in [1.165, 1.54) is 29.2 Å². The molecule has 152 valence electrons. The molecule has 5 nitrogen and oxygen atoms in total. The van der Waals surface area contributed by atoms with E-state index < -0.39 is 42.0 Å². The molecule has 0 spiro atoms. The third-order valence-electron chi connectivity index (χ3n) is 5.00. The van der Waals surface area contributed by atoms with Crippen LogP contribution in [0.2, 0.25) is 0 Å². The van der Waals surface area contributed by atoms with Crippen LogP contribution in [0, 0.1) is 0 Å². The molecule has 0 N–H and O–H groups in total. The molecular weight excluding hydrogens is 385 g/mol. The molecule has 2 aromatic rings. The number of alkyl halides is 3. The van der Waals surface area contributed by atoms with Gasteiger partial charge in [0.05, 0.1) is 22.7 Å². The van der Waals surface area contributed by atoms with Crippen LogP contribution in [0.1, 0.15) is 51.7 Å². The highest BCUT2D eigenvalue weighted by Gasteiger charge is 2.37. The van der Waals surface area contributed by atoms with Crippen molar-refractivity contribution in [1.29, 1.82) is 0 Å². The largest absolute Gasteiger partial charge is 0.416 e. The monoisotopic (exact) mass is 404 g/mol. The van der Waals surface area contributed by atoms with Crippen LogP contribution in [0.5, 0.6) is 0 Å². The van der Waals surface area contributed by atoms with Gasteiger partial charge in [-0.1, -0.05) is 24.3 Å². The predicted molar refractivity (Wildman–Crippen MR) is 99.1 cm³/mol. The van der Waals surface area contributed by atoms with Crippen LogP contribution in [-0.4, -0.2) is 40.6 Å². The Morgan fingerprint density at radius 1 is 1.03 bits per heavy atom. The van der Waals surface area contributed by atoms with E-state index in [-0.39, 0.29) is 17.7 Å². The van der Waals surface area contributed by atoms with Gasteiger partial charge in [0.25, 0.3) is 11.8 Å². The van der Waals surface area contributed by atoms with Crippen molar-refractivity contribution in [2.75, 3.05) is 13.1 Å². The molecule has 0 saturated carbocycles. The van der Waals surface area contributed by atoms with Crippen molar-refractivity contribution < 1.29 is 27.6 Å². The molecule has 0 saturated heterocycles. The van der Waals surface area contributed by atoms with E-state index in [1.54, 1.807) is 26.0 Å². The molecule has 8 heteroatoms. The molecule has 1 atom stereocenters. The Labute approximate surface area is 165 Å². The quantitative estimate of drug-likeness (QED) is 0.710. The van der Waals surface area contributed by atoms with Gasteiger partial charge in [0.1, 0.15) is 6.54 Å². The number of hydrogen-bond acceptors (Lipinski definition) is 3. The van der Waals surface area contributed by atoms with E-state index in [9.17, 15) is 27.6 Å². The molecular formula is C21H19F3N2O3. The Morgan fingerprint density at radius 3 is 2.14 bits per heavy atom. The molecule has 0 radical (unpaired) electrons. The van der Waals surface area contributed by atoms with E-state index in [1.807, 2.05) is 0 Å². The number of nitrogens with zero attached hydrogens (tertiary/aromatic N) is 2. The van der Waals surface area contributed by atoms with Crippen molar-refractivity contribution in [1.82, 2.24) is 9.80 Å². The highest BCUT2D eigenvalue weighted by atomic mass is 19.4. The molecule has 2 aromatic carbocycles. The summed E-state index contributed by atoms with van der Waals surface area (Å²) in [7, 11) is 0. The molecule has 3 amide bonds. The number of carbonyl (C=O) groups is 3. The van der Waals surface area contributed by atoms with Gasteiger partial charge in [-0.05, 0) is 43.7 Å². The van der Waals surface area contributed by atoms with E-state index >= 15 is 0 Å². The number of hydrogen-bond donors (Lipinski definition) is 0. The number of imide groups is 1. The van der Waals surface area contributed by atoms with Crippen molar-refractivity contribution in [3.8, 4) is 0 Å². The normalized spacial score (nSPS) is 14.7. The van der Waals surface area contributed by atoms with Crippen LogP contribution in [0.25, 0.3) is 0 Å². The molecule has 0 aromatic heterocycles. The Kier molecular flexibility index (Phi) is 5.46. The maximum Gasteiger partial charge on any atom is 0.416 e. The maximum absolute atomic E-state index is 13.0. The number of benzene rings is 2. The van der Waals surface area contributed by atoms with Gasteiger partial charge in [0, 0.05) is 6.54 Å². The summed E-state index contributed by atoms with van der Waals surface area (Å²) in [5, 5.41) is 0. The second kappa shape index (κ2) is 7.69. The van der Waals surface area contributed by atoms with Crippen molar-refractivity contribution >= 4 is 17.7 Å². The molecule has 0 bridgehead atoms. The zero-order chi connectivity index (χ0) is 21.3. The summed E-state index contributed by atoms with van der Waals surface area (Å²) >= 11 is 0. The predicted octanol–water partition coefficient (Wildman–Crippen LogP) is 3.91. The van der Waals surface area contributed by atoms with Crippen molar-refractivity contribution in [3.63, 3.8) is 0 Å². The second-order valence-corrected chi connectivity index (χ2v) is 6.72. The lowest BCUT2D eigenvalue weighted by atomic mass is 10.0. The molecule has 0 fully saturated rings. The first-order valence-corrected chi connectivity index (χ1v) is 9.07. The first-order valence-electron chi connectivity index (χ1n) is 9.07. The van der Waals surface area contributed by atoms with Gasteiger partial charge in [-0.3, -0.25) is 19.3 Å². The summed E-state index contributed by atoms with van der Waals surface area (Å²) in [5.41, 5.74) is -0.0124. The SMILES string of the molecule is CCN(C(=O)CN1C(=O)c2ccccc2C1=O)C(C)c1cccc(C(F)(F)F)c1. The van der Waals surface area contributed by atoms with E-state index in [0.29, 0.717) is 5.56 Å². The van der Waals surface area contributed by atoms with Gasteiger partial charge >= 0.3 is 6.18 Å². The molecule has 0 aliphatic carbocycles. The standard InChI is InChI=1S/C21H19F3N2O3/c1-3-25(13(2)14-7-6-8-15(11-14)21(22,23)24)18(27)12-26-19(28)16-9-4-5-10-17(16)20(26)29/h4-11,13H,3,12H2,1-2H3. The summed E-state index contributed by atoms with van der Waals surface area (Å²) in [6.07, 6.45) is -4.49. The maximum atomic E-state index is 13.0. The lowest BCUT2D eigenvalue weighted by Crippen LogP contribution is -2.43. The topological polar surface area (TPSA) is 57.7 Å². The van der Waals surface area contributed by atoms with E-state index in [4.69, 9.17) is 0 Å². The molecule has 1 aliphatic heterocycles. The van der Waals surface area contributed by atoms with Gasteiger partial charge in [0.15, 0.2) is 0 Å². The highest BCUT2D eigenvalue weighted by molar-refractivity contribution is 6.22. The summed E-state index contributed by atoms with van der Waals surface area (Å²) in [4.78, 5) is 40.0. The molecule has 1 unspecified atom stereocenters. The summed E-state index contributed by atoms with van der Waals surface area (Å²) < 4.78 is 39.0. The highest BCUT2D eigenvalue weighted by Crippen LogP contribution is 2.32. The fourth-order valence-electron chi connectivity index (χ4n) is 3.43. The van der Waals surface area contributed by atoms with Crippen molar-refractivity contribution in [2.24, 2.45) is 0 Å². The first-order chi connectivity index (χ1) is 13.6. The number of rotatable bonds is 5. The van der Waals surface area contributed by atoms with Crippen molar-refractivity contribution in [3.05, 3.63) is 70.8 Å². The Hall–Kier alpha value is -3.16. The first kappa shape index (κ1) is 20.6. The average molecular weight is 404 g/mol. The molecule has 3 rings (SSSR count). The Morgan fingerprint density at radius 2 is 1.62 bits per heavy atom. The van der Waals surface area contributed by atoms with Gasteiger partial charge in [-0.25, -0.2) is 0 Å².